The lowest BCUT2D eigenvalue weighted by atomic mass is 10.2. The van der Waals surface area contributed by atoms with E-state index in [2.05, 4.69) is 20.0 Å². The minimum absolute atomic E-state index is 0.176. The fourth-order valence-corrected chi connectivity index (χ4v) is 1.42. The molecule has 0 fully saturated rings. The summed E-state index contributed by atoms with van der Waals surface area (Å²) >= 11 is 0. The summed E-state index contributed by atoms with van der Waals surface area (Å²) in [6.45, 7) is 3.10. The Morgan fingerprint density at radius 3 is 2.76 bits per heavy atom. The molecule has 1 unspecified atom stereocenters. The zero-order chi connectivity index (χ0) is 15.8. The number of ether oxygens (including phenoxy) is 1. The lowest BCUT2D eigenvalue weighted by Gasteiger charge is -2.12. The van der Waals surface area contributed by atoms with Gasteiger partial charge >= 0.3 is 5.97 Å². The topological polar surface area (TPSA) is 107 Å². The number of pyridine rings is 1. The van der Waals surface area contributed by atoms with Crippen LogP contribution in [0.5, 0.6) is 0 Å². The maximum absolute atomic E-state index is 12.1. The fraction of sp³-hybridized carbons (Fsp3) is 0.286. The second-order valence-electron chi connectivity index (χ2n) is 4.28. The van der Waals surface area contributed by atoms with E-state index in [-0.39, 0.29) is 11.3 Å². The van der Waals surface area contributed by atoms with E-state index < -0.39 is 17.9 Å². The monoisotopic (exact) mass is 290 g/mol. The number of allylic oxidation sites excluding steroid dienone is 1. The molecule has 7 heteroatoms. The van der Waals surface area contributed by atoms with Crippen LogP contribution in [0.1, 0.15) is 13.8 Å². The predicted molar refractivity (Wildman–Crippen MR) is 78.9 cm³/mol. The van der Waals surface area contributed by atoms with Crippen molar-refractivity contribution in [3.05, 3.63) is 35.8 Å². The van der Waals surface area contributed by atoms with Gasteiger partial charge in [0.2, 0.25) is 0 Å². The van der Waals surface area contributed by atoms with Gasteiger partial charge in [-0.05, 0) is 26.0 Å². The van der Waals surface area contributed by atoms with Crippen molar-refractivity contribution in [2.75, 3.05) is 7.11 Å². The molecule has 1 aromatic heterocycles. The maximum atomic E-state index is 12.1. The largest absolute Gasteiger partial charge is 0.467 e. The highest BCUT2D eigenvalue weighted by atomic mass is 16.5. The molecule has 1 rings (SSSR count). The van der Waals surface area contributed by atoms with E-state index in [1.807, 2.05) is 0 Å². The van der Waals surface area contributed by atoms with Crippen LogP contribution in [-0.4, -0.2) is 36.2 Å². The van der Waals surface area contributed by atoms with Crippen LogP contribution in [0.25, 0.3) is 0 Å². The van der Waals surface area contributed by atoms with Crippen molar-refractivity contribution >= 4 is 23.8 Å². The van der Waals surface area contributed by atoms with E-state index in [1.165, 1.54) is 20.2 Å². The molecule has 0 aliphatic carbocycles. The summed E-state index contributed by atoms with van der Waals surface area (Å²) in [6, 6.07) is 2.69. The first-order chi connectivity index (χ1) is 9.95. The van der Waals surface area contributed by atoms with Crippen LogP contribution in [0.15, 0.2) is 40.8 Å². The number of nitrogens with zero attached hydrogens (tertiary/aromatic N) is 2. The summed E-state index contributed by atoms with van der Waals surface area (Å²) in [4.78, 5) is 31.4. The third-order valence-electron chi connectivity index (χ3n) is 2.56. The maximum Gasteiger partial charge on any atom is 0.328 e. The molecular formula is C14H18N4O3. The average molecular weight is 290 g/mol. The molecule has 0 aromatic carbocycles. The number of rotatable bonds is 5. The Labute approximate surface area is 122 Å². The zero-order valence-corrected chi connectivity index (χ0v) is 12.2. The van der Waals surface area contributed by atoms with Gasteiger partial charge in [-0.25, -0.2) is 4.79 Å². The van der Waals surface area contributed by atoms with Gasteiger partial charge in [0.15, 0.2) is 0 Å². The van der Waals surface area contributed by atoms with Crippen molar-refractivity contribution in [3.63, 3.8) is 0 Å². The molecule has 21 heavy (non-hydrogen) atoms. The molecule has 0 aliphatic rings. The minimum Gasteiger partial charge on any atom is -0.467 e. The van der Waals surface area contributed by atoms with Crippen molar-refractivity contribution < 1.29 is 14.3 Å². The van der Waals surface area contributed by atoms with Gasteiger partial charge in [-0.3, -0.25) is 14.8 Å². The molecule has 112 valence electrons. The molecule has 1 aromatic rings. The SMILES string of the molecule is COC(=O)C(C)NC(=O)C(C=Nc1cccnc1)=C(C)N. The van der Waals surface area contributed by atoms with Crippen LogP contribution in [0, 0.1) is 0 Å². The summed E-state index contributed by atoms with van der Waals surface area (Å²) in [6.07, 6.45) is 4.51. The first-order valence-corrected chi connectivity index (χ1v) is 6.24. The summed E-state index contributed by atoms with van der Waals surface area (Å²) in [7, 11) is 1.25. The summed E-state index contributed by atoms with van der Waals surface area (Å²) < 4.78 is 4.54. The Hall–Kier alpha value is -2.70. The van der Waals surface area contributed by atoms with E-state index in [1.54, 1.807) is 31.5 Å². The number of aromatic nitrogens is 1. The quantitative estimate of drug-likeness (QED) is 0.471. The first-order valence-electron chi connectivity index (χ1n) is 6.24. The van der Waals surface area contributed by atoms with E-state index in [0.717, 1.165) is 0 Å². The number of carbonyl (C=O) groups is 2. The van der Waals surface area contributed by atoms with Gasteiger partial charge in [0.1, 0.15) is 6.04 Å². The number of carbonyl (C=O) groups excluding carboxylic acids is 2. The molecule has 1 amide bonds. The number of hydrogen-bond acceptors (Lipinski definition) is 6. The van der Waals surface area contributed by atoms with Crippen LogP contribution >= 0.6 is 0 Å². The Morgan fingerprint density at radius 1 is 1.52 bits per heavy atom. The van der Waals surface area contributed by atoms with E-state index >= 15 is 0 Å². The summed E-state index contributed by atoms with van der Waals surface area (Å²) in [5.41, 5.74) is 6.73. The van der Waals surface area contributed by atoms with Gasteiger partial charge in [-0.2, -0.15) is 0 Å². The Balaban J connectivity index is 2.84. The number of hydrogen-bond donors (Lipinski definition) is 2. The van der Waals surface area contributed by atoms with E-state index in [0.29, 0.717) is 5.69 Å². The van der Waals surface area contributed by atoms with Crippen LogP contribution < -0.4 is 11.1 Å². The van der Waals surface area contributed by atoms with Crippen molar-refractivity contribution in [3.8, 4) is 0 Å². The number of nitrogens with two attached hydrogens (primary N) is 1. The third-order valence-corrected chi connectivity index (χ3v) is 2.56. The normalized spacial score (nSPS) is 13.5. The molecule has 7 nitrogen and oxygen atoms in total. The highest BCUT2D eigenvalue weighted by Crippen LogP contribution is 2.08. The van der Waals surface area contributed by atoms with Crippen LogP contribution in [0.4, 0.5) is 5.69 Å². The Bertz CT molecular complexity index is 563. The van der Waals surface area contributed by atoms with Gasteiger partial charge in [0.05, 0.1) is 24.6 Å². The molecular weight excluding hydrogens is 272 g/mol. The average Bonchev–Trinajstić information content (AvgIpc) is 2.47. The number of nitrogens with one attached hydrogen (secondary N) is 1. The molecule has 1 atom stereocenters. The van der Waals surface area contributed by atoms with Crippen molar-refractivity contribution in [2.45, 2.75) is 19.9 Å². The minimum atomic E-state index is -0.774. The van der Waals surface area contributed by atoms with E-state index in [9.17, 15) is 9.59 Å². The number of amides is 1. The summed E-state index contributed by atoms with van der Waals surface area (Å²) in [5.74, 6) is -1.04. The Kier molecular flexibility index (Phi) is 6.06. The molecule has 0 aliphatic heterocycles. The lowest BCUT2D eigenvalue weighted by Crippen LogP contribution is -2.40. The number of methoxy groups -OCH3 is 1. The smallest absolute Gasteiger partial charge is 0.328 e. The van der Waals surface area contributed by atoms with Crippen LogP contribution in [0.2, 0.25) is 0 Å². The second kappa shape index (κ2) is 7.78. The van der Waals surface area contributed by atoms with Crippen molar-refractivity contribution in [1.29, 1.82) is 0 Å². The molecule has 3 N–H and O–H groups in total. The summed E-state index contributed by atoms with van der Waals surface area (Å²) in [5, 5.41) is 2.49. The number of esters is 1. The van der Waals surface area contributed by atoms with Crippen LogP contribution in [-0.2, 0) is 14.3 Å². The van der Waals surface area contributed by atoms with Gasteiger partial charge < -0.3 is 15.8 Å². The highest BCUT2D eigenvalue weighted by Gasteiger charge is 2.18. The standard InChI is InChI=1S/C14H18N4O3/c1-9(15)12(8-17-11-5-4-6-16-7-11)13(19)18-10(2)14(20)21-3/h4-8,10H,15H2,1-3H3,(H,18,19). The lowest BCUT2D eigenvalue weighted by molar-refractivity contribution is -0.144. The van der Waals surface area contributed by atoms with E-state index in [4.69, 9.17) is 5.73 Å². The molecule has 0 saturated heterocycles. The van der Waals surface area contributed by atoms with Crippen molar-refractivity contribution in [2.24, 2.45) is 10.7 Å². The Morgan fingerprint density at radius 2 is 2.24 bits per heavy atom. The third kappa shape index (κ3) is 5.06. The molecule has 0 bridgehead atoms. The van der Waals surface area contributed by atoms with Crippen LogP contribution in [0.3, 0.4) is 0 Å². The highest BCUT2D eigenvalue weighted by molar-refractivity contribution is 6.13. The first kappa shape index (κ1) is 16.4. The predicted octanol–water partition coefficient (Wildman–Crippen LogP) is 0.694. The van der Waals surface area contributed by atoms with Crippen molar-refractivity contribution in [1.82, 2.24) is 10.3 Å². The van der Waals surface area contributed by atoms with Gasteiger partial charge in [0.25, 0.3) is 5.91 Å². The second-order valence-corrected chi connectivity index (χ2v) is 4.28. The fourth-order valence-electron chi connectivity index (χ4n) is 1.42. The molecule has 1 heterocycles. The molecule has 0 saturated carbocycles. The van der Waals surface area contributed by atoms with Gasteiger partial charge in [0, 0.05) is 18.1 Å². The number of aliphatic imine (C=N–C) groups is 1. The zero-order valence-electron chi connectivity index (χ0n) is 12.2. The van der Waals surface area contributed by atoms with Gasteiger partial charge in [-0.1, -0.05) is 0 Å². The molecule has 0 spiro atoms. The molecule has 0 radical (unpaired) electrons. The van der Waals surface area contributed by atoms with Gasteiger partial charge in [-0.15, -0.1) is 0 Å².